The molecular formula is C19H14F4O3. The van der Waals surface area contributed by atoms with Gasteiger partial charge in [0, 0.05) is 0 Å². The fraction of sp³-hybridized carbons (Fsp3) is 0.105. The predicted octanol–water partition coefficient (Wildman–Crippen LogP) is 5.19. The molecule has 0 aliphatic rings. The molecule has 136 valence electrons. The summed E-state index contributed by atoms with van der Waals surface area (Å²) in [6.45, 7) is -5.78. The Balaban J connectivity index is 1.90. The molecule has 2 rings (SSSR count). The first-order valence-electron chi connectivity index (χ1n) is 7.42. The van der Waals surface area contributed by atoms with Crippen LogP contribution in [0.4, 0.5) is 17.6 Å². The molecule has 3 nitrogen and oxygen atoms in total. The molecule has 0 bridgehead atoms. The number of benzene rings is 2. The topological polar surface area (TPSA) is 35.5 Å². The Kier molecular flexibility index (Phi) is 6.96. The van der Waals surface area contributed by atoms with Crippen LogP contribution in [0.5, 0.6) is 11.5 Å². The van der Waals surface area contributed by atoms with Crippen molar-refractivity contribution in [3.63, 3.8) is 0 Å². The average molecular weight is 366 g/mol. The van der Waals surface area contributed by atoms with Crippen LogP contribution < -0.4 is 9.47 Å². The lowest BCUT2D eigenvalue weighted by Gasteiger charge is -2.03. The second kappa shape index (κ2) is 9.41. The number of ketones is 1. The van der Waals surface area contributed by atoms with Gasteiger partial charge in [-0.3, -0.25) is 4.79 Å². The first-order chi connectivity index (χ1) is 12.4. The van der Waals surface area contributed by atoms with Gasteiger partial charge in [-0.1, -0.05) is 36.4 Å². The number of ether oxygens (including phenoxy) is 2. The lowest BCUT2D eigenvalue weighted by atomic mass is 10.1. The van der Waals surface area contributed by atoms with E-state index >= 15 is 0 Å². The second-order valence-electron chi connectivity index (χ2n) is 4.96. The van der Waals surface area contributed by atoms with Crippen LogP contribution in [0.2, 0.25) is 0 Å². The summed E-state index contributed by atoms with van der Waals surface area (Å²) in [4.78, 5) is 11.8. The number of halogens is 4. The van der Waals surface area contributed by atoms with E-state index in [4.69, 9.17) is 0 Å². The molecule has 0 aromatic heterocycles. The fourth-order valence-electron chi connectivity index (χ4n) is 1.93. The molecule has 0 amide bonds. The molecule has 0 aliphatic heterocycles. The van der Waals surface area contributed by atoms with E-state index in [2.05, 4.69) is 9.47 Å². The summed E-state index contributed by atoms with van der Waals surface area (Å²) in [5.74, 6) is -0.240. The summed E-state index contributed by atoms with van der Waals surface area (Å²) in [7, 11) is 0. The summed E-state index contributed by atoms with van der Waals surface area (Å²) in [6, 6.07) is 11.6. The van der Waals surface area contributed by atoms with Crippen molar-refractivity contribution in [2.75, 3.05) is 0 Å². The van der Waals surface area contributed by atoms with Gasteiger partial charge >= 0.3 is 13.2 Å². The minimum atomic E-state index is -2.89. The fourth-order valence-corrected chi connectivity index (χ4v) is 1.93. The Hall–Kier alpha value is -3.09. The van der Waals surface area contributed by atoms with Crippen LogP contribution in [0.15, 0.2) is 60.7 Å². The van der Waals surface area contributed by atoms with E-state index in [1.807, 2.05) is 0 Å². The van der Waals surface area contributed by atoms with Crippen LogP contribution in [0, 0.1) is 0 Å². The molecule has 0 heterocycles. The van der Waals surface area contributed by atoms with Gasteiger partial charge in [-0.2, -0.15) is 17.6 Å². The third-order valence-electron chi connectivity index (χ3n) is 3.09. The van der Waals surface area contributed by atoms with E-state index in [1.165, 1.54) is 72.8 Å². The van der Waals surface area contributed by atoms with E-state index in [9.17, 15) is 22.4 Å². The smallest absolute Gasteiger partial charge is 0.387 e. The monoisotopic (exact) mass is 366 g/mol. The first kappa shape index (κ1) is 19.2. The number of carbonyl (C=O) groups excluding carboxylic acids is 1. The van der Waals surface area contributed by atoms with Gasteiger partial charge < -0.3 is 9.47 Å². The highest BCUT2D eigenvalue weighted by molar-refractivity contribution is 6.04. The Bertz CT molecular complexity index is 701. The summed E-state index contributed by atoms with van der Waals surface area (Å²) in [6.07, 6.45) is 5.68. The molecule has 0 saturated heterocycles. The maximum atomic E-state index is 12.0. The summed E-state index contributed by atoms with van der Waals surface area (Å²) in [5, 5.41) is 0. The van der Waals surface area contributed by atoms with E-state index in [1.54, 1.807) is 0 Å². The number of carbonyl (C=O) groups is 1. The van der Waals surface area contributed by atoms with Crippen LogP contribution in [0.3, 0.4) is 0 Å². The van der Waals surface area contributed by atoms with Crippen molar-refractivity contribution in [3.8, 4) is 11.5 Å². The zero-order valence-corrected chi connectivity index (χ0v) is 13.3. The molecule has 2 aromatic carbocycles. The molecule has 2 aromatic rings. The normalized spacial score (nSPS) is 11.6. The molecule has 0 aliphatic carbocycles. The summed E-state index contributed by atoms with van der Waals surface area (Å²) in [5.41, 5.74) is 1.28. The number of hydrogen-bond donors (Lipinski definition) is 0. The SMILES string of the molecule is O=C(/C=C/c1ccc(OC(F)F)cc1)/C=C/c1ccc(OC(F)F)cc1. The van der Waals surface area contributed by atoms with Crippen molar-refractivity contribution < 1.29 is 31.8 Å². The minimum absolute atomic E-state index is 0.0302. The van der Waals surface area contributed by atoms with E-state index in [-0.39, 0.29) is 17.3 Å². The van der Waals surface area contributed by atoms with Gasteiger partial charge in [-0.15, -0.1) is 0 Å². The van der Waals surface area contributed by atoms with Crippen molar-refractivity contribution >= 4 is 17.9 Å². The van der Waals surface area contributed by atoms with E-state index in [0.29, 0.717) is 11.1 Å². The third-order valence-corrected chi connectivity index (χ3v) is 3.09. The van der Waals surface area contributed by atoms with Crippen molar-refractivity contribution in [2.45, 2.75) is 13.2 Å². The van der Waals surface area contributed by atoms with Gasteiger partial charge in [0.25, 0.3) is 0 Å². The van der Waals surface area contributed by atoms with Gasteiger partial charge in [0.1, 0.15) is 11.5 Å². The largest absolute Gasteiger partial charge is 0.435 e. The minimum Gasteiger partial charge on any atom is -0.435 e. The highest BCUT2D eigenvalue weighted by atomic mass is 19.3. The van der Waals surface area contributed by atoms with E-state index < -0.39 is 13.2 Å². The first-order valence-corrected chi connectivity index (χ1v) is 7.42. The molecule has 0 unspecified atom stereocenters. The molecule has 0 atom stereocenters. The Morgan fingerprint density at radius 2 is 1.04 bits per heavy atom. The summed E-state index contributed by atoms with van der Waals surface area (Å²) < 4.78 is 56.6. The zero-order chi connectivity index (χ0) is 18.9. The van der Waals surface area contributed by atoms with Crippen molar-refractivity contribution in [1.29, 1.82) is 0 Å². The quantitative estimate of drug-likeness (QED) is 0.477. The lowest BCUT2D eigenvalue weighted by molar-refractivity contribution is -0.110. The molecule has 0 fully saturated rings. The third kappa shape index (κ3) is 6.80. The maximum absolute atomic E-state index is 12.0. The van der Waals surface area contributed by atoms with Crippen LogP contribution in [0.25, 0.3) is 12.2 Å². The van der Waals surface area contributed by atoms with Crippen LogP contribution in [0.1, 0.15) is 11.1 Å². The molecule has 0 saturated carbocycles. The van der Waals surface area contributed by atoms with Crippen molar-refractivity contribution in [2.24, 2.45) is 0 Å². The Labute approximate surface area is 147 Å². The number of alkyl halides is 4. The van der Waals surface area contributed by atoms with Crippen molar-refractivity contribution in [3.05, 3.63) is 71.8 Å². The highest BCUT2D eigenvalue weighted by Gasteiger charge is 2.04. The number of allylic oxidation sites excluding steroid dienone is 2. The van der Waals surface area contributed by atoms with Gasteiger partial charge in [0.2, 0.25) is 0 Å². The highest BCUT2D eigenvalue weighted by Crippen LogP contribution is 2.17. The number of hydrogen-bond acceptors (Lipinski definition) is 3. The van der Waals surface area contributed by atoms with Crippen molar-refractivity contribution in [1.82, 2.24) is 0 Å². The standard InChI is InChI=1S/C19H14F4O3/c20-18(21)25-16-9-3-13(4-10-16)1-7-15(24)8-2-14-5-11-17(12-6-14)26-19(22)23/h1-12,18-19H/b7-1+,8-2+. The van der Waals surface area contributed by atoms with E-state index in [0.717, 1.165) is 0 Å². The van der Waals surface area contributed by atoms with Gasteiger partial charge in [-0.25, -0.2) is 0 Å². The van der Waals surface area contributed by atoms with Gasteiger partial charge in [0.15, 0.2) is 5.78 Å². The Morgan fingerprint density at radius 1 is 0.692 bits per heavy atom. The van der Waals surface area contributed by atoms with Gasteiger partial charge in [0.05, 0.1) is 0 Å². The van der Waals surface area contributed by atoms with Crippen LogP contribution >= 0.6 is 0 Å². The number of rotatable bonds is 8. The average Bonchev–Trinajstić information content (AvgIpc) is 2.59. The maximum Gasteiger partial charge on any atom is 0.387 e. The lowest BCUT2D eigenvalue weighted by Crippen LogP contribution is -2.01. The molecule has 0 spiro atoms. The zero-order valence-electron chi connectivity index (χ0n) is 13.3. The molecular weight excluding hydrogens is 352 g/mol. The molecule has 0 radical (unpaired) electrons. The van der Waals surface area contributed by atoms with Crippen LogP contribution in [-0.2, 0) is 4.79 Å². The second-order valence-corrected chi connectivity index (χ2v) is 4.96. The molecule has 26 heavy (non-hydrogen) atoms. The molecule has 7 heteroatoms. The van der Waals surface area contributed by atoms with Gasteiger partial charge in [-0.05, 0) is 47.5 Å². The summed E-state index contributed by atoms with van der Waals surface area (Å²) >= 11 is 0. The Morgan fingerprint density at radius 3 is 1.35 bits per heavy atom. The predicted molar refractivity (Wildman–Crippen MR) is 89.2 cm³/mol. The molecule has 0 N–H and O–H groups in total. The van der Waals surface area contributed by atoms with Crippen LogP contribution in [-0.4, -0.2) is 19.0 Å².